The maximum absolute atomic E-state index is 10.6. The first-order chi connectivity index (χ1) is 7.44. The van der Waals surface area contributed by atoms with Gasteiger partial charge >= 0.3 is 5.97 Å². The van der Waals surface area contributed by atoms with Gasteiger partial charge in [-0.2, -0.15) is 10.4 Å². The molecule has 0 fully saturated rings. The fourth-order valence-corrected chi connectivity index (χ4v) is 1.34. The summed E-state index contributed by atoms with van der Waals surface area (Å²) < 4.78 is 1.59. The van der Waals surface area contributed by atoms with E-state index in [2.05, 4.69) is 11.2 Å². The first kappa shape index (κ1) is 12.2. The van der Waals surface area contributed by atoms with Gasteiger partial charge in [-0.15, -0.1) is 0 Å². The first-order valence-electron chi connectivity index (χ1n) is 5.11. The van der Waals surface area contributed by atoms with Crippen molar-refractivity contribution in [3.8, 4) is 6.07 Å². The average molecular weight is 221 g/mol. The SMILES string of the molecule is CC(C)(C#N)CCCn1cc(C(=O)O)cn1. The van der Waals surface area contributed by atoms with Crippen LogP contribution in [0.5, 0.6) is 0 Å². The maximum Gasteiger partial charge on any atom is 0.338 e. The van der Waals surface area contributed by atoms with Crippen molar-refractivity contribution in [2.24, 2.45) is 5.41 Å². The molecule has 1 heterocycles. The Morgan fingerprint density at radius 2 is 2.38 bits per heavy atom. The highest BCUT2D eigenvalue weighted by Crippen LogP contribution is 2.20. The van der Waals surface area contributed by atoms with Crippen molar-refractivity contribution in [1.29, 1.82) is 5.26 Å². The Bertz CT molecular complexity index is 415. The third-order valence-electron chi connectivity index (χ3n) is 2.37. The normalized spacial score (nSPS) is 11.1. The summed E-state index contributed by atoms with van der Waals surface area (Å²) in [5.74, 6) is -0.969. The standard InChI is InChI=1S/C11H15N3O2/c1-11(2,8-12)4-3-5-14-7-9(6-13-14)10(15)16/h6-7H,3-5H2,1-2H3,(H,15,16). The molecule has 0 radical (unpaired) electrons. The molecule has 16 heavy (non-hydrogen) atoms. The predicted molar refractivity (Wildman–Crippen MR) is 57.8 cm³/mol. The lowest BCUT2D eigenvalue weighted by atomic mass is 9.90. The lowest BCUT2D eigenvalue weighted by Gasteiger charge is -2.14. The zero-order valence-corrected chi connectivity index (χ0v) is 9.47. The van der Waals surface area contributed by atoms with E-state index in [1.54, 1.807) is 4.68 Å². The van der Waals surface area contributed by atoms with Crippen LogP contribution in [-0.4, -0.2) is 20.9 Å². The van der Waals surface area contributed by atoms with Crippen LogP contribution in [0.15, 0.2) is 12.4 Å². The molecule has 5 nitrogen and oxygen atoms in total. The van der Waals surface area contributed by atoms with Gasteiger partial charge in [0.05, 0.1) is 23.2 Å². The Hall–Kier alpha value is -1.83. The number of aryl methyl sites for hydroxylation is 1. The Morgan fingerprint density at radius 1 is 1.69 bits per heavy atom. The van der Waals surface area contributed by atoms with E-state index in [4.69, 9.17) is 10.4 Å². The van der Waals surface area contributed by atoms with Gasteiger partial charge in [-0.25, -0.2) is 4.79 Å². The molecule has 1 aromatic rings. The molecule has 0 aliphatic heterocycles. The van der Waals surface area contributed by atoms with Gasteiger partial charge in [0.2, 0.25) is 0 Å². The van der Waals surface area contributed by atoms with E-state index in [9.17, 15) is 4.79 Å². The van der Waals surface area contributed by atoms with Gasteiger partial charge in [0.1, 0.15) is 0 Å². The number of aromatic carboxylic acids is 1. The molecule has 1 aromatic heterocycles. The van der Waals surface area contributed by atoms with E-state index in [-0.39, 0.29) is 11.0 Å². The van der Waals surface area contributed by atoms with Crippen molar-refractivity contribution in [3.05, 3.63) is 18.0 Å². The van der Waals surface area contributed by atoms with Gasteiger partial charge in [-0.1, -0.05) is 0 Å². The summed E-state index contributed by atoms with van der Waals surface area (Å²) in [6, 6.07) is 2.23. The van der Waals surface area contributed by atoms with Crippen molar-refractivity contribution in [1.82, 2.24) is 9.78 Å². The number of hydrogen-bond donors (Lipinski definition) is 1. The molecule has 86 valence electrons. The van der Waals surface area contributed by atoms with Crippen LogP contribution in [0.25, 0.3) is 0 Å². The zero-order valence-electron chi connectivity index (χ0n) is 9.47. The molecular weight excluding hydrogens is 206 g/mol. The monoisotopic (exact) mass is 221 g/mol. The number of rotatable bonds is 5. The highest BCUT2D eigenvalue weighted by atomic mass is 16.4. The van der Waals surface area contributed by atoms with E-state index in [0.29, 0.717) is 6.54 Å². The van der Waals surface area contributed by atoms with Gasteiger partial charge in [0.15, 0.2) is 0 Å². The molecule has 0 unspecified atom stereocenters. The van der Waals surface area contributed by atoms with Gasteiger partial charge in [0, 0.05) is 12.7 Å². The summed E-state index contributed by atoms with van der Waals surface area (Å²) in [4.78, 5) is 10.6. The van der Waals surface area contributed by atoms with Gasteiger partial charge in [-0.3, -0.25) is 4.68 Å². The van der Waals surface area contributed by atoms with Crippen LogP contribution in [0.2, 0.25) is 0 Å². The largest absolute Gasteiger partial charge is 0.478 e. The summed E-state index contributed by atoms with van der Waals surface area (Å²) in [5.41, 5.74) is -0.137. The van der Waals surface area contributed by atoms with Crippen LogP contribution in [-0.2, 0) is 6.54 Å². The van der Waals surface area contributed by atoms with Gasteiger partial charge < -0.3 is 5.11 Å². The summed E-state index contributed by atoms with van der Waals surface area (Å²) in [6.45, 7) is 4.41. The Balaban J connectivity index is 2.44. The van der Waals surface area contributed by atoms with Crippen molar-refractivity contribution in [3.63, 3.8) is 0 Å². The molecule has 0 atom stereocenters. The quantitative estimate of drug-likeness (QED) is 0.823. The molecule has 0 aromatic carbocycles. The van der Waals surface area contributed by atoms with E-state index in [0.717, 1.165) is 12.8 Å². The summed E-state index contributed by atoms with van der Waals surface area (Å²) in [6.07, 6.45) is 4.41. The zero-order chi connectivity index (χ0) is 12.2. The maximum atomic E-state index is 10.6. The Labute approximate surface area is 94.3 Å². The van der Waals surface area contributed by atoms with Crippen molar-refractivity contribution in [2.45, 2.75) is 33.2 Å². The number of carboxylic acid groups (broad SMARTS) is 1. The molecule has 0 saturated heterocycles. The fourth-order valence-electron chi connectivity index (χ4n) is 1.34. The lowest BCUT2D eigenvalue weighted by molar-refractivity contribution is 0.0696. The molecule has 0 bridgehead atoms. The van der Waals surface area contributed by atoms with Gasteiger partial charge in [-0.05, 0) is 26.7 Å². The topological polar surface area (TPSA) is 78.9 Å². The van der Waals surface area contributed by atoms with Crippen LogP contribution in [0.1, 0.15) is 37.0 Å². The number of aromatic nitrogens is 2. The molecule has 0 spiro atoms. The smallest absolute Gasteiger partial charge is 0.338 e. The van der Waals surface area contributed by atoms with E-state index in [1.165, 1.54) is 12.4 Å². The number of carbonyl (C=O) groups is 1. The minimum absolute atomic E-state index is 0.194. The van der Waals surface area contributed by atoms with E-state index >= 15 is 0 Å². The average Bonchev–Trinajstić information content (AvgIpc) is 2.66. The van der Waals surface area contributed by atoms with Crippen LogP contribution in [0.4, 0.5) is 0 Å². The fraction of sp³-hybridized carbons (Fsp3) is 0.545. The van der Waals surface area contributed by atoms with E-state index < -0.39 is 5.97 Å². The second-order valence-corrected chi connectivity index (χ2v) is 4.40. The molecule has 0 amide bonds. The van der Waals surface area contributed by atoms with Crippen LogP contribution in [0.3, 0.4) is 0 Å². The second kappa shape index (κ2) is 4.79. The highest BCUT2D eigenvalue weighted by Gasteiger charge is 2.15. The number of hydrogen-bond acceptors (Lipinski definition) is 3. The molecule has 0 aliphatic rings. The molecular formula is C11H15N3O2. The summed E-state index contributed by atoms with van der Waals surface area (Å²) in [7, 11) is 0. The molecule has 5 heteroatoms. The third-order valence-corrected chi connectivity index (χ3v) is 2.37. The molecule has 0 aliphatic carbocycles. The minimum Gasteiger partial charge on any atom is -0.478 e. The van der Waals surface area contributed by atoms with Crippen LogP contribution in [0, 0.1) is 16.7 Å². The Kier molecular flexibility index (Phi) is 3.67. The third kappa shape index (κ3) is 3.39. The summed E-state index contributed by atoms with van der Waals surface area (Å²) in [5, 5.41) is 21.4. The minimum atomic E-state index is -0.969. The van der Waals surface area contributed by atoms with Crippen molar-refractivity contribution < 1.29 is 9.90 Å². The van der Waals surface area contributed by atoms with E-state index in [1.807, 2.05) is 13.8 Å². The Morgan fingerprint density at radius 3 is 2.88 bits per heavy atom. The first-order valence-corrected chi connectivity index (χ1v) is 5.11. The molecule has 1 N–H and O–H groups in total. The second-order valence-electron chi connectivity index (χ2n) is 4.40. The van der Waals surface area contributed by atoms with Crippen LogP contribution < -0.4 is 0 Å². The summed E-state index contributed by atoms with van der Waals surface area (Å²) >= 11 is 0. The van der Waals surface area contributed by atoms with Crippen LogP contribution >= 0.6 is 0 Å². The lowest BCUT2D eigenvalue weighted by Crippen LogP contribution is -2.09. The number of nitriles is 1. The molecule has 0 saturated carbocycles. The van der Waals surface area contributed by atoms with Crippen molar-refractivity contribution in [2.75, 3.05) is 0 Å². The number of nitrogens with zero attached hydrogens (tertiary/aromatic N) is 3. The number of carboxylic acids is 1. The van der Waals surface area contributed by atoms with Gasteiger partial charge in [0.25, 0.3) is 0 Å². The van der Waals surface area contributed by atoms with Crippen molar-refractivity contribution >= 4 is 5.97 Å². The molecule has 1 rings (SSSR count). The highest BCUT2D eigenvalue weighted by molar-refractivity contribution is 5.86. The predicted octanol–water partition coefficient (Wildman–Crippen LogP) is 1.91.